The SMILES string of the molecule is O=C(O)c1c(CNC2CCCCCC2)c2ccccc2n1Cc1ccc(F)cc1. The lowest BCUT2D eigenvalue weighted by molar-refractivity contribution is 0.0684. The molecule has 0 amide bonds. The van der Waals surface area contributed by atoms with Gasteiger partial charge in [0.2, 0.25) is 0 Å². The van der Waals surface area contributed by atoms with Crippen molar-refractivity contribution in [2.75, 3.05) is 0 Å². The van der Waals surface area contributed by atoms with Gasteiger partial charge < -0.3 is 15.0 Å². The number of fused-ring (bicyclic) bond motifs is 1. The molecule has 4 rings (SSSR count). The summed E-state index contributed by atoms with van der Waals surface area (Å²) in [5, 5.41) is 14.6. The van der Waals surface area contributed by atoms with E-state index in [4.69, 9.17) is 0 Å². The minimum atomic E-state index is -0.930. The number of aromatic carboxylic acids is 1. The van der Waals surface area contributed by atoms with Gasteiger partial charge in [0.25, 0.3) is 0 Å². The van der Waals surface area contributed by atoms with Gasteiger partial charge in [-0.25, -0.2) is 9.18 Å². The van der Waals surface area contributed by atoms with E-state index in [-0.39, 0.29) is 5.82 Å². The molecule has 0 spiro atoms. The molecule has 1 aliphatic carbocycles. The summed E-state index contributed by atoms with van der Waals surface area (Å²) in [5.74, 6) is -1.22. The van der Waals surface area contributed by atoms with Crippen molar-refractivity contribution in [2.45, 2.75) is 57.7 Å². The fourth-order valence-electron chi connectivity index (χ4n) is 4.47. The molecule has 0 unspecified atom stereocenters. The molecule has 1 fully saturated rings. The number of aromatic nitrogens is 1. The predicted octanol–water partition coefficient (Wildman–Crippen LogP) is 5.34. The molecule has 0 atom stereocenters. The van der Waals surface area contributed by atoms with E-state index < -0.39 is 5.97 Å². The van der Waals surface area contributed by atoms with Crippen LogP contribution in [0.5, 0.6) is 0 Å². The maximum Gasteiger partial charge on any atom is 0.352 e. The summed E-state index contributed by atoms with van der Waals surface area (Å²) < 4.78 is 15.1. The van der Waals surface area contributed by atoms with Crippen LogP contribution in [0.3, 0.4) is 0 Å². The number of carbonyl (C=O) groups is 1. The van der Waals surface area contributed by atoms with Gasteiger partial charge in [-0.3, -0.25) is 0 Å². The molecule has 0 radical (unpaired) electrons. The zero-order chi connectivity index (χ0) is 20.2. The fourth-order valence-corrected chi connectivity index (χ4v) is 4.47. The monoisotopic (exact) mass is 394 g/mol. The number of benzene rings is 2. The van der Waals surface area contributed by atoms with Crippen LogP contribution in [0.25, 0.3) is 10.9 Å². The first-order valence-electron chi connectivity index (χ1n) is 10.4. The van der Waals surface area contributed by atoms with Crippen molar-refractivity contribution in [3.63, 3.8) is 0 Å². The van der Waals surface area contributed by atoms with Gasteiger partial charge in [0.05, 0.1) is 0 Å². The van der Waals surface area contributed by atoms with E-state index in [9.17, 15) is 14.3 Å². The Labute approximate surface area is 170 Å². The summed E-state index contributed by atoms with van der Waals surface area (Å²) in [6.07, 6.45) is 7.34. The molecular weight excluding hydrogens is 367 g/mol. The molecule has 1 heterocycles. The highest BCUT2D eigenvalue weighted by Crippen LogP contribution is 2.28. The molecule has 1 aromatic heterocycles. The van der Waals surface area contributed by atoms with E-state index in [1.165, 1.54) is 37.8 Å². The lowest BCUT2D eigenvalue weighted by atomic mass is 10.1. The quantitative estimate of drug-likeness (QED) is 0.555. The Bertz CT molecular complexity index is 986. The number of carboxylic acid groups (broad SMARTS) is 1. The van der Waals surface area contributed by atoms with Crippen molar-refractivity contribution in [2.24, 2.45) is 0 Å². The van der Waals surface area contributed by atoms with Crippen molar-refractivity contribution in [1.29, 1.82) is 0 Å². The van der Waals surface area contributed by atoms with Crippen LogP contribution in [0.15, 0.2) is 48.5 Å². The van der Waals surface area contributed by atoms with Crippen molar-refractivity contribution >= 4 is 16.9 Å². The Kier molecular flexibility index (Phi) is 5.95. The zero-order valence-electron chi connectivity index (χ0n) is 16.5. The molecule has 1 aliphatic rings. The number of halogens is 1. The van der Waals surface area contributed by atoms with Gasteiger partial charge in [-0.15, -0.1) is 0 Å². The third kappa shape index (κ3) is 4.35. The maximum absolute atomic E-state index is 13.3. The fraction of sp³-hybridized carbons (Fsp3) is 0.375. The number of rotatable bonds is 6. The second-order valence-electron chi connectivity index (χ2n) is 7.93. The summed E-state index contributed by atoms with van der Waals surface area (Å²) in [6, 6.07) is 14.5. The molecule has 5 heteroatoms. The van der Waals surface area contributed by atoms with Crippen LogP contribution in [0.2, 0.25) is 0 Å². The van der Waals surface area contributed by atoms with Gasteiger partial charge in [0.1, 0.15) is 11.5 Å². The molecule has 2 aromatic carbocycles. The highest BCUT2D eigenvalue weighted by molar-refractivity contribution is 5.98. The summed E-state index contributed by atoms with van der Waals surface area (Å²) >= 11 is 0. The topological polar surface area (TPSA) is 54.3 Å². The highest BCUT2D eigenvalue weighted by Gasteiger charge is 2.23. The molecule has 0 aliphatic heterocycles. The summed E-state index contributed by atoms with van der Waals surface area (Å²) in [5.41, 5.74) is 2.92. The molecule has 3 aromatic rings. The largest absolute Gasteiger partial charge is 0.477 e. The van der Waals surface area contributed by atoms with Crippen molar-refractivity contribution in [3.8, 4) is 0 Å². The number of hydrogen-bond donors (Lipinski definition) is 2. The average molecular weight is 394 g/mol. The van der Waals surface area contributed by atoms with E-state index in [0.29, 0.717) is 24.8 Å². The highest BCUT2D eigenvalue weighted by atomic mass is 19.1. The predicted molar refractivity (Wildman–Crippen MR) is 113 cm³/mol. The summed E-state index contributed by atoms with van der Waals surface area (Å²) in [4.78, 5) is 12.3. The molecule has 4 nitrogen and oxygen atoms in total. The number of hydrogen-bond acceptors (Lipinski definition) is 2. The van der Waals surface area contributed by atoms with Crippen LogP contribution in [0.4, 0.5) is 4.39 Å². The molecule has 29 heavy (non-hydrogen) atoms. The van der Waals surface area contributed by atoms with Crippen LogP contribution in [-0.2, 0) is 13.1 Å². The van der Waals surface area contributed by atoms with Crippen LogP contribution < -0.4 is 5.32 Å². The van der Waals surface area contributed by atoms with Crippen LogP contribution in [0.1, 0.15) is 60.1 Å². The van der Waals surface area contributed by atoms with E-state index in [1.54, 1.807) is 12.1 Å². The lowest BCUT2D eigenvalue weighted by Gasteiger charge is -2.16. The van der Waals surface area contributed by atoms with Crippen LogP contribution in [-0.4, -0.2) is 21.7 Å². The summed E-state index contributed by atoms with van der Waals surface area (Å²) in [7, 11) is 0. The van der Waals surface area contributed by atoms with E-state index in [2.05, 4.69) is 5.32 Å². The molecule has 0 bridgehead atoms. The van der Waals surface area contributed by atoms with Gasteiger partial charge in [-0.05, 0) is 36.6 Å². The van der Waals surface area contributed by atoms with Crippen molar-refractivity contribution < 1.29 is 14.3 Å². The van der Waals surface area contributed by atoms with Crippen molar-refractivity contribution in [3.05, 3.63) is 71.2 Å². The summed E-state index contributed by atoms with van der Waals surface area (Å²) in [6.45, 7) is 0.940. The smallest absolute Gasteiger partial charge is 0.352 e. The lowest BCUT2D eigenvalue weighted by Crippen LogP contribution is -2.28. The van der Waals surface area contributed by atoms with Crippen LogP contribution >= 0.6 is 0 Å². The minimum absolute atomic E-state index is 0.294. The van der Waals surface area contributed by atoms with Gasteiger partial charge >= 0.3 is 5.97 Å². The molecule has 152 valence electrons. The normalized spacial score (nSPS) is 15.5. The number of carboxylic acids is 1. The Morgan fingerprint density at radius 2 is 1.72 bits per heavy atom. The zero-order valence-corrected chi connectivity index (χ0v) is 16.5. The molecule has 2 N–H and O–H groups in total. The Hall–Kier alpha value is -2.66. The third-order valence-electron chi connectivity index (χ3n) is 5.95. The third-order valence-corrected chi connectivity index (χ3v) is 5.95. The molecule has 0 saturated heterocycles. The Morgan fingerprint density at radius 1 is 1.03 bits per heavy atom. The number of nitrogens with zero attached hydrogens (tertiary/aromatic N) is 1. The van der Waals surface area contributed by atoms with E-state index >= 15 is 0 Å². The average Bonchev–Trinajstić information content (AvgIpc) is 2.85. The van der Waals surface area contributed by atoms with Gasteiger partial charge in [-0.2, -0.15) is 0 Å². The molecular formula is C24H27FN2O2. The number of nitrogens with one attached hydrogen (secondary N) is 1. The van der Waals surface area contributed by atoms with Gasteiger partial charge in [0, 0.05) is 35.6 Å². The maximum atomic E-state index is 13.3. The first-order valence-corrected chi connectivity index (χ1v) is 10.4. The second kappa shape index (κ2) is 8.78. The van der Waals surface area contributed by atoms with Crippen LogP contribution in [0, 0.1) is 5.82 Å². The van der Waals surface area contributed by atoms with Gasteiger partial charge in [-0.1, -0.05) is 56.0 Å². The first-order chi connectivity index (χ1) is 14.1. The Morgan fingerprint density at radius 3 is 2.41 bits per heavy atom. The first kappa shape index (κ1) is 19.6. The van der Waals surface area contributed by atoms with E-state index in [1.807, 2.05) is 28.8 Å². The Balaban J connectivity index is 1.70. The minimum Gasteiger partial charge on any atom is -0.477 e. The standard InChI is InChI=1S/C24H27FN2O2/c25-18-13-11-17(12-14-18)16-27-22-10-6-5-9-20(22)21(23(27)24(28)29)15-26-19-7-3-1-2-4-8-19/h5-6,9-14,19,26H,1-4,7-8,15-16H2,(H,28,29). The van der Waals surface area contributed by atoms with Gasteiger partial charge in [0.15, 0.2) is 0 Å². The second-order valence-corrected chi connectivity index (χ2v) is 7.93. The van der Waals surface area contributed by atoms with E-state index in [0.717, 1.165) is 34.9 Å². The number of para-hydroxylation sites is 1. The van der Waals surface area contributed by atoms with Crippen molar-refractivity contribution in [1.82, 2.24) is 9.88 Å². The molecule has 1 saturated carbocycles.